The number of nitrogens with zero attached hydrogens (tertiary/aromatic N) is 1. The first-order valence-electron chi connectivity index (χ1n) is 6.42. The Balaban J connectivity index is 1.96. The van der Waals surface area contributed by atoms with Gasteiger partial charge in [0.1, 0.15) is 0 Å². The van der Waals surface area contributed by atoms with Crippen molar-refractivity contribution < 1.29 is 14.4 Å². The molecule has 0 aromatic heterocycles. The lowest BCUT2D eigenvalue weighted by Gasteiger charge is -2.14. The molecular formula is C13H18N2O3. The van der Waals surface area contributed by atoms with Crippen molar-refractivity contribution in [2.75, 3.05) is 13.1 Å². The number of amides is 3. The Kier molecular flexibility index (Phi) is 3.79. The Bertz CT molecular complexity index is 377. The van der Waals surface area contributed by atoms with Gasteiger partial charge in [-0.05, 0) is 19.8 Å². The van der Waals surface area contributed by atoms with Gasteiger partial charge in [-0.1, -0.05) is 12.2 Å². The van der Waals surface area contributed by atoms with E-state index in [9.17, 15) is 14.4 Å². The smallest absolute Gasteiger partial charge is 0.233 e. The lowest BCUT2D eigenvalue weighted by Crippen LogP contribution is -2.35. The molecular weight excluding hydrogens is 232 g/mol. The lowest BCUT2D eigenvalue weighted by molar-refractivity contribution is -0.140. The van der Waals surface area contributed by atoms with E-state index in [1.807, 2.05) is 19.1 Å². The van der Waals surface area contributed by atoms with Crippen LogP contribution in [-0.2, 0) is 14.4 Å². The highest BCUT2D eigenvalue weighted by Crippen LogP contribution is 2.34. The molecule has 0 saturated carbocycles. The Morgan fingerprint density at radius 1 is 1.28 bits per heavy atom. The van der Waals surface area contributed by atoms with Gasteiger partial charge in [0.25, 0.3) is 0 Å². The molecule has 2 atom stereocenters. The summed E-state index contributed by atoms with van der Waals surface area (Å²) in [6.45, 7) is 2.61. The van der Waals surface area contributed by atoms with Gasteiger partial charge in [-0.15, -0.1) is 0 Å². The second-order valence-electron chi connectivity index (χ2n) is 4.69. The summed E-state index contributed by atoms with van der Waals surface area (Å²) in [4.78, 5) is 36.7. The van der Waals surface area contributed by atoms with Crippen LogP contribution in [0, 0.1) is 11.8 Å². The zero-order valence-corrected chi connectivity index (χ0v) is 10.5. The fraction of sp³-hybridized carbons (Fsp3) is 0.615. The molecule has 1 fully saturated rings. The van der Waals surface area contributed by atoms with Gasteiger partial charge in [0.2, 0.25) is 17.7 Å². The van der Waals surface area contributed by atoms with E-state index in [0.717, 1.165) is 0 Å². The third kappa shape index (κ3) is 2.30. The number of carbonyl (C=O) groups is 3. The second-order valence-corrected chi connectivity index (χ2v) is 4.69. The minimum atomic E-state index is -0.197. The maximum atomic E-state index is 12.1. The van der Waals surface area contributed by atoms with Gasteiger partial charge >= 0.3 is 0 Å². The van der Waals surface area contributed by atoms with Gasteiger partial charge in [0.05, 0.1) is 11.8 Å². The molecule has 2 rings (SSSR count). The number of allylic oxidation sites excluding steroid dienone is 2. The second kappa shape index (κ2) is 5.33. The van der Waals surface area contributed by atoms with Crippen LogP contribution in [0.25, 0.3) is 0 Å². The average Bonchev–Trinajstić information content (AvgIpc) is 2.61. The molecule has 2 aliphatic rings. The number of hydrogen-bond acceptors (Lipinski definition) is 3. The van der Waals surface area contributed by atoms with Crippen LogP contribution in [0.5, 0.6) is 0 Å². The monoisotopic (exact) mass is 250 g/mol. The van der Waals surface area contributed by atoms with Crippen molar-refractivity contribution >= 4 is 17.7 Å². The number of hydrogen-bond donors (Lipinski definition) is 1. The highest BCUT2D eigenvalue weighted by Gasteiger charge is 2.46. The molecule has 98 valence electrons. The Morgan fingerprint density at radius 3 is 2.33 bits per heavy atom. The minimum Gasteiger partial charge on any atom is -0.356 e. The molecule has 1 heterocycles. The summed E-state index contributed by atoms with van der Waals surface area (Å²) in [5, 5.41) is 2.66. The van der Waals surface area contributed by atoms with Crippen molar-refractivity contribution in [1.82, 2.24) is 10.2 Å². The standard InChI is InChI=1S/C13H18N2O3/c1-2-14-11(16)7-8-15-12(17)9-5-3-4-6-10(9)13(15)18/h3-4,9-10H,2,5-8H2,1H3,(H,14,16)/t9-,10+. The Hall–Kier alpha value is -1.65. The first-order valence-corrected chi connectivity index (χ1v) is 6.42. The van der Waals surface area contributed by atoms with Crippen LogP contribution in [0.15, 0.2) is 12.2 Å². The highest BCUT2D eigenvalue weighted by atomic mass is 16.2. The van der Waals surface area contributed by atoms with Gasteiger partial charge in [0, 0.05) is 19.5 Å². The summed E-state index contributed by atoms with van der Waals surface area (Å²) in [5.74, 6) is -0.739. The van der Waals surface area contributed by atoms with Gasteiger partial charge in [-0.25, -0.2) is 0 Å². The molecule has 0 spiro atoms. The van der Waals surface area contributed by atoms with Crippen LogP contribution in [0.3, 0.4) is 0 Å². The SMILES string of the molecule is CCNC(=O)CCN1C(=O)[C@H]2CC=CC[C@H]2C1=O. The zero-order chi connectivity index (χ0) is 13.1. The number of imide groups is 1. The molecule has 1 N–H and O–H groups in total. The van der Waals surface area contributed by atoms with E-state index in [0.29, 0.717) is 19.4 Å². The third-order valence-electron chi connectivity index (χ3n) is 3.54. The third-order valence-corrected chi connectivity index (χ3v) is 3.54. The molecule has 5 heteroatoms. The molecule has 1 aliphatic heterocycles. The van der Waals surface area contributed by atoms with E-state index in [2.05, 4.69) is 5.32 Å². The van der Waals surface area contributed by atoms with Gasteiger partial charge in [0.15, 0.2) is 0 Å². The molecule has 5 nitrogen and oxygen atoms in total. The van der Waals surface area contributed by atoms with Gasteiger partial charge in [-0.3, -0.25) is 19.3 Å². The number of fused-ring (bicyclic) bond motifs is 1. The fourth-order valence-corrected chi connectivity index (χ4v) is 2.59. The maximum absolute atomic E-state index is 12.1. The van der Waals surface area contributed by atoms with E-state index in [-0.39, 0.29) is 42.5 Å². The van der Waals surface area contributed by atoms with Crippen molar-refractivity contribution in [2.24, 2.45) is 11.8 Å². The van der Waals surface area contributed by atoms with E-state index in [1.165, 1.54) is 4.90 Å². The minimum absolute atomic E-state index is 0.112. The van der Waals surface area contributed by atoms with E-state index in [1.54, 1.807) is 0 Å². The average molecular weight is 250 g/mol. The molecule has 0 aromatic rings. The van der Waals surface area contributed by atoms with E-state index < -0.39 is 0 Å². The van der Waals surface area contributed by atoms with Crippen LogP contribution in [0.1, 0.15) is 26.2 Å². The summed E-state index contributed by atoms with van der Waals surface area (Å²) in [6, 6.07) is 0. The van der Waals surface area contributed by atoms with E-state index in [4.69, 9.17) is 0 Å². The van der Waals surface area contributed by atoms with Crippen molar-refractivity contribution in [3.63, 3.8) is 0 Å². The van der Waals surface area contributed by atoms with Gasteiger partial charge < -0.3 is 5.32 Å². The summed E-state index contributed by atoms with van der Waals surface area (Å²) in [7, 11) is 0. The van der Waals surface area contributed by atoms with Gasteiger partial charge in [-0.2, -0.15) is 0 Å². The van der Waals surface area contributed by atoms with Crippen LogP contribution < -0.4 is 5.32 Å². The maximum Gasteiger partial charge on any atom is 0.233 e. The summed E-state index contributed by atoms with van der Waals surface area (Å²) >= 11 is 0. The summed E-state index contributed by atoms with van der Waals surface area (Å²) in [6.07, 6.45) is 5.40. The van der Waals surface area contributed by atoms with Crippen molar-refractivity contribution in [3.05, 3.63) is 12.2 Å². The topological polar surface area (TPSA) is 66.5 Å². The molecule has 0 aromatic carbocycles. The molecule has 18 heavy (non-hydrogen) atoms. The number of carbonyl (C=O) groups excluding carboxylic acids is 3. The highest BCUT2D eigenvalue weighted by molar-refractivity contribution is 6.05. The lowest BCUT2D eigenvalue weighted by atomic mass is 9.85. The molecule has 1 saturated heterocycles. The van der Waals surface area contributed by atoms with Crippen LogP contribution in [0.4, 0.5) is 0 Å². The Labute approximate surface area is 106 Å². The first-order chi connectivity index (χ1) is 8.65. The van der Waals surface area contributed by atoms with Crippen LogP contribution in [-0.4, -0.2) is 35.7 Å². The molecule has 0 unspecified atom stereocenters. The molecule has 3 amide bonds. The predicted octanol–water partition coefficient (Wildman–Crippen LogP) is 0.464. The van der Waals surface area contributed by atoms with Crippen LogP contribution in [0.2, 0.25) is 0 Å². The largest absolute Gasteiger partial charge is 0.356 e. The number of likely N-dealkylation sites (tertiary alicyclic amines) is 1. The fourth-order valence-electron chi connectivity index (χ4n) is 2.59. The van der Waals surface area contributed by atoms with Crippen LogP contribution >= 0.6 is 0 Å². The predicted molar refractivity (Wildman–Crippen MR) is 65.4 cm³/mol. The quantitative estimate of drug-likeness (QED) is 0.582. The normalized spacial score (nSPS) is 26.4. The molecule has 0 bridgehead atoms. The molecule has 1 aliphatic carbocycles. The summed E-state index contributed by atoms with van der Waals surface area (Å²) < 4.78 is 0. The number of nitrogens with one attached hydrogen (secondary N) is 1. The van der Waals surface area contributed by atoms with Crippen molar-refractivity contribution in [3.8, 4) is 0 Å². The number of rotatable bonds is 4. The Morgan fingerprint density at radius 2 is 1.83 bits per heavy atom. The van der Waals surface area contributed by atoms with Crippen molar-refractivity contribution in [2.45, 2.75) is 26.2 Å². The van der Waals surface area contributed by atoms with Crippen molar-refractivity contribution in [1.29, 1.82) is 0 Å². The van der Waals surface area contributed by atoms with E-state index >= 15 is 0 Å². The molecule has 0 radical (unpaired) electrons. The summed E-state index contributed by atoms with van der Waals surface area (Å²) in [5.41, 5.74) is 0. The first kappa shape index (κ1) is 12.8. The zero-order valence-electron chi connectivity index (χ0n) is 10.5.